The molecule has 9 heteroatoms. The minimum absolute atomic E-state index is 0.0727. The largest absolute Gasteiger partial charge is 0.323 e. The Labute approximate surface area is 137 Å². The van der Waals surface area contributed by atoms with E-state index in [4.69, 9.17) is 28.3 Å². The maximum Gasteiger partial charge on any atom is 0.323 e. The summed E-state index contributed by atoms with van der Waals surface area (Å²) in [6.45, 7) is 0. The number of hydrogen-bond donors (Lipinski definition) is 3. The van der Waals surface area contributed by atoms with Crippen LogP contribution in [0.3, 0.4) is 0 Å². The van der Waals surface area contributed by atoms with E-state index in [1.807, 2.05) is 0 Å². The number of urea groups is 1. The molecule has 0 heterocycles. The summed E-state index contributed by atoms with van der Waals surface area (Å²) in [7, 11) is -4.03. The highest BCUT2D eigenvalue weighted by Crippen LogP contribution is 2.31. The Morgan fingerprint density at radius 3 is 2.23 bits per heavy atom. The molecule has 0 fully saturated rings. The molecule has 22 heavy (non-hydrogen) atoms. The molecule has 116 valence electrons. The van der Waals surface area contributed by atoms with Gasteiger partial charge in [-0.3, -0.25) is 0 Å². The zero-order chi connectivity index (χ0) is 16.3. The fourth-order valence-electron chi connectivity index (χ4n) is 1.65. The average Bonchev–Trinajstić information content (AvgIpc) is 2.41. The number of amides is 2. The Hall–Kier alpha value is -1.80. The van der Waals surface area contributed by atoms with Crippen molar-refractivity contribution in [3.63, 3.8) is 0 Å². The zero-order valence-electron chi connectivity index (χ0n) is 11.0. The molecule has 0 unspecified atom stereocenters. The van der Waals surface area contributed by atoms with Crippen LogP contribution in [0.5, 0.6) is 0 Å². The SMILES string of the molecule is NS(=O)(=O)c1cc(NC(=O)Nc2ccccc2)c(Cl)cc1Cl. The summed E-state index contributed by atoms with van der Waals surface area (Å²) in [6.07, 6.45) is 0. The number of rotatable bonds is 3. The van der Waals surface area contributed by atoms with Crippen LogP contribution in [0.4, 0.5) is 16.2 Å². The van der Waals surface area contributed by atoms with E-state index in [0.717, 1.165) is 6.07 Å². The summed E-state index contributed by atoms with van der Waals surface area (Å²) in [5.74, 6) is 0. The molecule has 2 rings (SSSR count). The van der Waals surface area contributed by atoms with Crippen LogP contribution in [-0.2, 0) is 10.0 Å². The highest BCUT2D eigenvalue weighted by atomic mass is 35.5. The van der Waals surface area contributed by atoms with Crippen LogP contribution in [0.1, 0.15) is 0 Å². The van der Waals surface area contributed by atoms with E-state index in [2.05, 4.69) is 10.6 Å². The lowest BCUT2D eigenvalue weighted by molar-refractivity contribution is 0.262. The van der Waals surface area contributed by atoms with Crippen molar-refractivity contribution in [2.24, 2.45) is 5.14 Å². The predicted octanol–water partition coefficient (Wildman–Crippen LogP) is 3.28. The van der Waals surface area contributed by atoms with Gasteiger partial charge in [0, 0.05) is 5.69 Å². The number of sulfonamides is 1. The standard InChI is InChI=1S/C13H11Cl2N3O3S/c14-9-6-10(15)12(22(16,20)21)7-11(9)18-13(19)17-8-4-2-1-3-5-8/h1-7H,(H2,16,20,21)(H2,17,18,19). The third kappa shape index (κ3) is 4.11. The molecular weight excluding hydrogens is 349 g/mol. The van der Waals surface area contributed by atoms with Gasteiger partial charge in [-0.25, -0.2) is 18.4 Å². The van der Waals surface area contributed by atoms with Crippen molar-refractivity contribution in [3.05, 3.63) is 52.5 Å². The van der Waals surface area contributed by atoms with Gasteiger partial charge in [0.05, 0.1) is 15.7 Å². The third-order valence-corrected chi connectivity index (χ3v) is 4.30. The van der Waals surface area contributed by atoms with Crippen molar-refractivity contribution in [1.82, 2.24) is 0 Å². The second-order valence-electron chi connectivity index (χ2n) is 4.25. The van der Waals surface area contributed by atoms with Crippen molar-refractivity contribution in [2.45, 2.75) is 4.90 Å². The summed E-state index contributed by atoms with van der Waals surface area (Å²) in [5, 5.41) is 10.0. The summed E-state index contributed by atoms with van der Waals surface area (Å²) >= 11 is 11.7. The van der Waals surface area contributed by atoms with Gasteiger partial charge < -0.3 is 10.6 Å². The Bertz CT molecular complexity index is 811. The predicted molar refractivity (Wildman–Crippen MR) is 86.9 cm³/mol. The van der Waals surface area contributed by atoms with E-state index in [-0.39, 0.29) is 20.6 Å². The Morgan fingerprint density at radius 2 is 1.64 bits per heavy atom. The van der Waals surface area contributed by atoms with Crippen LogP contribution in [-0.4, -0.2) is 14.4 Å². The molecule has 2 aromatic carbocycles. The zero-order valence-corrected chi connectivity index (χ0v) is 13.3. The summed E-state index contributed by atoms with van der Waals surface area (Å²) in [5.41, 5.74) is 0.639. The van der Waals surface area contributed by atoms with Gasteiger partial charge in [0.25, 0.3) is 0 Å². The Kier molecular flexibility index (Phi) is 4.92. The molecule has 0 aliphatic carbocycles. The Balaban J connectivity index is 2.24. The minimum Gasteiger partial charge on any atom is -0.308 e. The fourth-order valence-corrected chi connectivity index (χ4v) is 3.01. The van der Waals surface area contributed by atoms with Gasteiger partial charge in [-0.15, -0.1) is 0 Å². The number of carbonyl (C=O) groups is 1. The van der Waals surface area contributed by atoms with Crippen LogP contribution >= 0.6 is 23.2 Å². The molecule has 0 saturated carbocycles. The molecule has 0 spiro atoms. The summed E-state index contributed by atoms with van der Waals surface area (Å²) in [6, 6.07) is 10.4. The summed E-state index contributed by atoms with van der Waals surface area (Å²) < 4.78 is 22.8. The first-order valence-electron chi connectivity index (χ1n) is 5.92. The van der Waals surface area contributed by atoms with Gasteiger partial charge in [0.15, 0.2) is 0 Å². The number of para-hydroxylation sites is 1. The van der Waals surface area contributed by atoms with Crippen LogP contribution in [0.2, 0.25) is 10.0 Å². The molecule has 0 bridgehead atoms. The van der Waals surface area contributed by atoms with Gasteiger partial charge in [0.2, 0.25) is 10.0 Å². The van der Waals surface area contributed by atoms with Crippen molar-refractivity contribution in [2.75, 3.05) is 10.6 Å². The number of halogens is 2. The molecule has 4 N–H and O–H groups in total. The number of benzene rings is 2. The lowest BCUT2D eigenvalue weighted by atomic mass is 10.3. The number of hydrogen-bond acceptors (Lipinski definition) is 3. The normalized spacial score (nSPS) is 11.0. The van der Waals surface area contributed by atoms with Crippen molar-refractivity contribution < 1.29 is 13.2 Å². The van der Waals surface area contributed by atoms with E-state index < -0.39 is 16.1 Å². The first-order valence-corrected chi connectivity index (χ1v) is 8.22. The maximum atomic E-state index is 11.9. The second-order valence-corrected chi connectivity index (χ2v) is 6.60. The molecule has 0 saturated heterocycles. The van der Waals surface area contributed by atoms with E-state index in [9.17, 15) is 13.2 Å². The maximum absolute atomic E-state index is 11.9. The van der Waals surface area contributed by atoms with Crippen LogP contribution < -0.4 is 15.8 Å². The lowest BCUT2D eigenvalue weighted by Gasteiger charge is -2.11. The van der Waals surface area contributed by atoms with Crippen LogP contribution in [0.15, 0.2) is 47.4 Å². The molecule has 0 aliphatic rings. The second kappa shape index (κ2) is 6.53. The van der Waals surface area contributed by atoms with Crippen molar-refractivity contribution >= 4 is 50.6 Å². The summed E-state index contributed by atoms with van der Waals surface area (Å²) in [4.78, 5) is 11.6. The first kappa shape index (κ1) is 16.6. The number of carbonyl (C=O) groups excluding carboxylic acids is 1. The number of nitrogens with two attached hydrogens (primary N) is 1. The monoisotopic (exact) mass is 359 g/mol. The molecular formula is C13H11Cl2N3O3S. The number of anilines is 2. The molecule has 0 radical (unpaired) electrons. The van der Waals surface area contributed by atoms with Crippen molar-refractivity contribution in [1.29, 1.82) is 0 Å². The molecule has 0 aliphatic heterocycles. The Morgan fingerprint density at radius 1 is 1.00 bits per heavy atom. The van der Waals surface area contributed by atoms with Gasteiger partial charge >= 0.3 is 6.03 Å². The van der Waals surface area contributed by atoms with E-state index in [1.165, 1.54) is 6.07 Å². The lowest BCUT2D eigenvalue weighted by Crippen LogP contribution is -2.20. The molecule has 0 atom stereocenters. The fraction of sp³-hybridized carbons (Fsp3) is 0. The topological polar surface area (TPSA) is 101 Å². The van der Waals surface area contributed by atoms with Gasteiger partial charge in [-0.2, -0.15) is 0 Å². The number of primary sulfonamides is 1. The van der Waals surface area contributed by atoms with E-state index in [0.29, 0.717) is 5.69 Å². The smallest absolute Gasteiger partial charge is 0.308 e. The van der Waals surface area contributed by atoms with E-state index >= 15 is 0 Å². The highest BCUT2D eigenvalue weighted by Gasteiger charge is 2.17. The van der Waals surface area contributed by atoms with Crippen LogP contribution in [0.25, 0.3) is 0 Å². The first-order chi connectivity index (χ1) is 10.3. The third-order valence-electron chi connectivity index (χ3n) is 2.61. The quantitative estimate of drug-likeness (QED) is 0.783. The van der Waals surface area contributed by atoms with Gasteiger partial charge in [0.1, 0.15) is 4.90 Å². The van der Waals surface area contributed by atoms with Gasteiger partial charge in [-0.1, -0.05) is 41.4 Å². The van der Waals surface area contributed by atoms with Gasteiger partial charge in [-0.05, 0) is 24.3 Å². The minimum atomic E-state index is -4.03. The highest BCUT2D eigenvalue weighted by molar-refractivity contribution is 7.89. The molecule has 2 aromatic rings. The molecule has 0 aromatic heterocycles. The van der Waals surface area contributed by atoms with Crippen LogP contribution in [0, 0.1) is 0 Å². The molecule has 2 amide bonds. The van der Waals surface area contributed by atoms with E-state index in [1.54, 1.807) is 30.3 Å². The molecule has 6 nitrogen and oxygen atoms in total. The number of nitrogens with one attached hydrogen (secondary N) is 2. The van der Waals surface area contributed by atoms with Crippen molar-refractivity contribution in [3.8, 4) is 0 Å². The average molecular weight is 360 g/mol.